The molecule has 0 aromatic heterocycles. The van der Waals surface area contributed by atoms with Crippen molar-refractivity contribution >= 4 is 23.5 Å². The maximum absolute atomic E-state index is 12.9. The van der Waals surface area contributed by atoms with Crippen molar-refractivity contribution in [1.29, 1.82) is 0 Å². The largest absolute Gasteiger partial charge is 0.480 e. The van der Waals surface area contributed by atoms with Gasteiger partial charge in [-0.15, -0.1) is 0 Å². The van der Waals surface area contributed by atoms with Crippen LogP contribution in [0.2, 0.25) is 5.02 Å². The molecule has 0 bridgehead atoms. The third-order valence-corrected chi connectivity index (χ3v) is 2.88. The van der Waals surface area contributed by atoms with Gasteiger partial charge in [-0.05, 0) is 24.1 Å². The molecule has 0 saturated heterocycles. The van der Waals surface area contributed by atoms with Crippen molar-refractivity contribution in [3.05, 3.63) is 34.6 Å². The number of amides is 1. The van der Waals surface area contributed by atoms with Crippen LogP contribution in [0.25, 0.3) is 0 Å². The monoisotopic (exact) mass is 287 g/mol. The molecule has 104 valence electrons. The van der Waals surface area contributed by atoms with Crippen LogP contribution in [0, 0.1) is 5.82 Å². The van der Waals surface area contributed by atoms with Crippen molar-refractivity contribution in [2.45, 2.75) is 19.8 Å². The Balaban J connectivity index is 2.77. The lowest BCUT2D eigenvalue weighted by Crippen LogP contribution is -2.37. The standard InChI is InChI=1S/C13H15ClFNO3/c1-2-5-16(8-13(18)19)12(17)6-9-3-4-10(15)7-11(9)14/h3-4,7H,2,5-6,8H2,1H3,(H,18,19). The summed E-state index contributed by atoms with van der Waals surface area (Å²) in [7, 11) is 0. The van der Waals surface area contributed by atoms with Gasteiger partial charge in [0.05, 0.1) is 6.42 Å². The van der Waals surface area contributed by atoms with Crippen LogP contribution in [0.4, 0.5) is 4.39 Å². The van der Waals surface area contributed by atoms with Crippen LogP contribution in [0.1, 0.15) is 18.9 Å². The zero-order valence-electron chi connectivity index (χ0n) is 10.5. The van der Waals surface area contributed by atoms with Crippen molar-refractivity contribution in [3.63, 3.8) is 0 Å². The number of carboxylic acids is 1. The van der Waals surface area contributed by atoms with Gasteiger partial charge in [-0.2, -0.15) is 0 Å². The molecule has 0 fully saturated rings. The number of halogens is 2. The summed E-state index contributed by atoms with van der Waals surface area (Å²) in [6.45, 7) is 1.88. The summed E-state index contributed by atoms with van der Waals surface area (Å²) in [5.74, 6) is -1.87. The van der Waals surface area contributed by atoms with E-state index in [1.807, 2.05) is 6.92 Å². The predicted molar refractivity (Wildman–Crippen MR) is 69.6 cm³/mol. The Morgan fingerprint density at radius 3 is 2.63 bits per heavy atom. The molecule has 0 aliphatic carbocycles. The summed E-state index contributed by atoms with van der Waals surface area (Å²) in [5.41, 5.74) is 0.486. The van der Waals surface area contributed by atoms with E-state index in [2.05, 4.69) is 0 Å². The number of nitrogens with zero attached hydrogens (tertiary/aromatic N) is 1. The highest BCUT2D eigenvalue weighted by Crippen LogP contribution is 2.18. The Kier molecular flexibility index (Phi) is 5.76. The number of hydrogen-bond acceptors (Lipinski definition) is 2. The molecule has 6 heteroatoms. The van der Waals surface area contributed by atoms with Crippen LogP contribution in [-0.4, -0.2) is 35.0 Å². The minimum absolute atomic E-state index is 0.0353. The Morgan fingerprint density at radius 1 is 1.42 bits per heavy atom. The lowest BCUT2D eigenvalue weighted by atomic mass is 10.1. The van der Waals surface area contributed by atoms with Crippen LogP contribution >= 0.6 is 11.6 Å². The Hall–Kier alpha value is -1.62. The second-order valence-corrected chi connectivity index (χ2v) is 4.53. The first-order valence-electron chi connectivity index (χ1n) is 5.87. The maximum atomic E-state index is 12.9. The number of aliphatic carboxylic acids is 1. The van der Waals surface area contributed by atoms with Crippen molar-refractivity contribution < 1.29 is 19.1 Å². The van der Waals surface area contributed by atoms with Crippen LogP contribution < -0.4 is 0 Å². The van der Waals surface area contributed by atoms with E-state index in [-0.39, 0.29) is 23.9 Å². The molecule has 1 aromatic carbocycles. The molecule has 0 atom stereocenters. The van der Waals surface area contributed by atoms with Crippen LogP contribution in [0.15, 0.2) is 18.2 Å². The van der Waals surface area contributed by atoms with Gasteiger partial charge in [-0.25, -0.2) is 4.39 Å². The van der Waals surface area contributed by atoms with E-state index >= 15 is 0 Å². The van der Waals surface area contributed by atoms with E-state index in [4.69, 9.17) is 16.7 Å². The zero-order chi connectivity index (χ0) is 14.4. The third kappa shape index (κ3) is 4.87. The van der Waals surface area contributed by atoms with E-state index in [9.17, 15) is 14.0 Å². The second-order valence-electron chi connectivity index (χ2n) is 4.12. The molecule has 1 N–H and O–H groups in total. The van der Waals surface area contributed by atoms with Gasteiger partial charge in [-0.3, -0.25) is 9.59 Å². The number of benzene rings is 1. The van der Waals surface area contributed by atoms with Gasteiger partial charge in [0, 0.05) is 11.6 Å². The first kappa shape index (κ1) is 15.4. The molecular formula is C13H15ClFNO3. The van der Waals surface area contributed by atoms with Crippen LogP contribution in [0.3, 0.4) is 0 Å². The maximum Gasteiger partial charge on any atom is 0.323 e. The highest BCUT2D eigenvalue weighted by atomic mass is 35.5. The molecule has 0 aliphatic rings. The molecule has 1 aromatic rings. The van der Waals surface area contributed by atoms with E-state index in [0.29, 0.717) is 18.5 Å². The van der Waals surface area contributed by atoms with Gasteiger partial charge in [-0.1, -0.05) is 24.6 Å². The zero-order valence-corrected chi connectivity index (χ0v) is 11.3. The summed E-state index contributed by atoms with van der Waals surface area (Å²) in [6, 6.07) is 3.78. The molecule has 0 aliphatic heterocycles. The summed E-state index contributed by atoms with van der Waals surface area (Å²) in [6.07, 6.45) is 0.628. The summed E-state index contributed by atoms with van der Waals surface area (Å²) >= 11 is 5.83. The predicted octanol–water partition coefficient (Wildman–Crippen LogP) is 2.34. The van der Waals surface area contributed by atoms with Gasteiger partial charge in [0.2, 0.25) is 5.91 Å². The number of carbonyl (C=O) groups excluding carboxylic acids is 1. The van der Waals surface area contributed by atoms with Crippen molar-refractivity contribution in [2.24, 2.45) is 0 Å². The van der Waals surface area contributed by atoms with Gasteiger partial charge in [0.1, 0.15) is 12.4 Å². The van der Waals surface area contributed by atoms with Crippen LogP contribution in [0.5, 0.6) is 0 Å². The number of rotatable bonds is 6. The number of hydrogen-bond donors (Lipinski definition) is 1. The van der Waals surface area contributed by atoms with E-state index < -0.39 is 11.8 Å². The minimum atomic E-state index is -1.06. The quantitative estimate of drug-likeness (QED) is 0.874. The Morgan fingerprint density at radius 2 is 2.11 bits per heavy atom. The molecule has 19 heavy (non-hydrogen) atoms. The highest BCUT2D eigenvalue weighted by molar-refractivity contribution is 6.31. The van der Waals surface area contributed by atoms with Crippen molar-refractivity contribution in [1.82, 2.24) is 4.90 Å². The SMILES string of the molecule is CCCN(CC(=O)O)C(=O)Cc1ccc(F)cc1Cl. The lowest BCUT2D eigenvalue weighted by Gasteiger charge is -2.20. The Bertz CT molecular complexity index is 479. The molecule has 1 rings (SSSR count). The van der Waals surface area contributed by atoms with E-state index in [1.54, 1.807) is 0 Å². The molecule has 4 nitrogen and oxygen atoms in total. The van der Waals surface area contributed by atoms with Gasteiger partial charge in [0.15, 0.2) is 0 Å². The minimum Gasteiger partial charge on any atom is -0.480 e. The summed E-state index contributed by atoms with van der Waals surface area (Å²) in [5, 5.41) is 8.91. The summed E-state index contributed by atoms with van der Waals surface area (Å²) < 4.78 is 12.9. The molecule has 0 spiro atoms. The Labute approximate surface area is 115 Å². The lowest BCUT2D eigenvalue weighted by molar-refractivity contribution is -0.144. The number of carboxylic acid groups (broad SMARTS) is 1. The molecule has 0 unspecified atom stereocenters. The van der Waals surface area contributed by atoms with Gasteiger partial charge < -0.3 is 10.0 Å². The second kappa shape index (κ2) is 7.09. The molecule has 0 heterocycles. The third-order valence-electron chi connectivity index (χ3n) is 2.53. The first-order chi connectivity index (χ1) is 8.93. The topological polar surface area (TPSA) is 57.6 Å². The highest BCUT2D eigenvalue weighted by Gasteiger charge is 2.17. The fourth-order valence-corrected chi connectivity index (χ4v) is 1.90. The van der Waals surface area contributed by atoms with E-state index in [1.165, 1.54) is 17.0 Å². The average Bonchev–Trinajstić information content (AvgIpc) is 2.31. The van der Waals surface area contributed by atoms with Gasteiger partial charge in [0.25, 0.3) is 0 Å². The molecule has 1 amide bonds. The van der Waals surface area contributed by atoms with E-state index in [0.717, 1.165) is 6.07 Å². The fourth-order valence-electron chi connectivity index (χ4n) is 1.66. The van der Waals surface area contributed by atoms with Crippen molar-refractivity contribution in [3.8, 4) is 0 Å². The fraction of sp³-hybridized carbons (Fsp3) is 0.385. The smallest absolute Gasteiger partial charge is 0.323 e. The molecular weight excluding hydrogens is 273 g/mol. The number of carbonyl (C=O) groups is 2. The van der Waals surface area contributed by atoms with Crippen molar-refractivity contribution in [2.75, 3.05) is 13.1 Å². The average molecular weight is 288 g/mol. The van der Waals surface area contributed by atoms with Crippen LogP contribution in [-0.2, 0) is 16.0 Å². The summed E-state index contributed by atoms with van der Waals surface area (Å²) in [4.78, 5) is 23.9. The molecule has 0 radical (unpaired) electrons. The van der Waals surface area contributed by atoms with Gasteiger partial charge >= 0.3 is 5.97 Å². The normalized spacial score (nSPS) is 10.3. The molecule has 0 saturated carbocycles. The first-order valence-corrected chi connectivity index (χ1v) is 6.25.